The van der Waals surface area contributed by atoms with Crippen molar-refractivity contribution in [3.63, 3.8) is 0 Å². The first-order valence-corrected chi connectivity index (χ1v) is 12.5. The summed E-state index contributed by atoms with van der Waals surface area (Å²) in [6, 6.07) is 23.0. The molecule has 0 radical (unpaired) electrons. The quantitative estimate of drug-likeness (QED) is 0.309. The molecule has 0 saturated carbocycles. The SMILES string of the molecule is CCOc1ccc(C2NC(=O)N(c3cccc(CC)c3)C(C)=C2c2nc(-c3ccc(C)cc3)no2)cc1. The Hall–Kier alpha value is -4.39. The first-order valence-electron chi connectivity index (χ1n) is 12.5. The summed E-state index contributed by atoms with van der Waals surface area (Å²) in [6.45, 7) is 8.58. The van der Waals surface area contributed by atoms with Crippen molar-refractivity contribution < 1.29 is 14.1 Å². The van der Waals surface area contributed by atoms with Gasteiger partial charge in [0, 0.05) is 11.3 Å². The number of carbonyl (C=O) groups excluding carboxylic acids is 1. The van der Waals surface area contributed by atoms with Crippen LogP contribution in [-0.2, 0) is 6.42 Å². The molecule has 37 heavy (non-hydrogen) atoms. The second kappa shape index (κ2) is 10.3. The normalized spacial score (nSPS) is 15.6. The van der Waals surface area contributed by atoms with Crippen molar-refractivity contribution in [1.82, 2.24) is 15.5 Å². The standard InChI is InChI=1S/C30H30N4O3/c1-5-21-8-7-9-24(18-21)34-20(4)26(29-32-28(33-37-29)23-12-10-19(3)11-13-23)27(31-30(34)35)22-14-16-25(17-15-22)36-6-2/h7-18,27H,5-6H2,1-4H3,(H,31,35). The second-order valence-corrected chi connectivity index (χ2v) is 9.03. The molecule has 188 valence electrons. The third kappa shape index (κ3) is 4.85. The second-order valence-electron chi connectivity index (χ2n) is 9.03. The van der Waals surface area contributed by atoms with Crippen molar-refractivity contribution >= 4 is 17.3 Å². The number of hydrogen-bond donors (Lipinski definition) is 1. The number of aromatic nitrogens is 2. The smallest absolute Gasteiger partial charge is 0.326 e. The number of benzene rings is 3. The van der Waals surface area contributed by atoms with Gasteiger partial charge >= 0.3 is 6.03 Å². The van der Waals surface area contributed by atoms with E-state index in [9.17, 15) is 4.79 Å². The fraction of sp³-hybridized carbons (Fsp3) is 0.233. The minimum atomic E-state index is -0.472. The van der Waals surface area contributed by atoms with Gasteiger partial charge in [-0.15, -0.1) is 0 Å². The number of aryl methyl sites for hydroxylation is 2. The summed E-state index contributed by atoms with van der Waals surface area (Å²) in [7, 11) is 0. The van der Waals surface area contributed by atoms with Gasteiger partial charge in [-0.1, -0.05) is 66.2 Å². The van der Waals surface area contributed by atoms with Gasteiger partial charge in [-0.25, -0.2) is 4.79 Å². The maximum atomic E-state index is 13.5. The lowest BCUT2D eigenvalue weighted by atomic mass is 9.94. The van der Waals surface area contributed by atoms with Gasteiger partial charge in [0.05, 0.1) is 23.9 Å². The van der Waals surface area contributed by atoms with Crippen LogP contribution in [0.15, 0.2) is 83.0 Å². The van der Waals surface area contributed by atoms with E-state index in [-0.39, 0.29) is 6.03 Å². The molecule has 1 unspecified atom stereocenters. The number of ether oxygens (including phenoxy) is 1. The number of hydrogen-bond acceptors (Lipinski definition) is 5. The van der Waals surface area contributed by atoms with E-state index in [4.69, 9.17) is 14.2 Å². The third-order valence-electron chi connectivity index (χ3n) is 6.55. The summed E-state index contributed by atoms with van der Waals surface area (Å²) < 4.78 is 11.4. The fourth-order valence-electron chi connectivity index (χ4n) is 4.57. The van der Waals surface area contributed by atoms with Crippen LogP contribution in [-0.4, -0.2) is 22.8 Å². The molecule has 1 aliphatic rings. The van der Waals surface area contributed by atoms with Gasteiger partial charge in [0.25, 0.3) is 5.89 Å². The van der Waals surface area contributed by atoms with Crippen LogP contribution in [0.2, 0.25) is 0 Å². The molecule has 4 aromatic rings. The summed E-state index contributed by atoms with van der Waals surface area (Å²) in [5.74, 6) is 1.63. The van der Waals surface area contributed by atoms with Gasteiger partial charge in [0.2, 0.25) is 5.82 Å². The minimum absolute atomic E-state index is 0.216. The first-order chi connectivity index (χ1) is 18.0. The highest BCUT2D eigenvalue weighted by Gasteiger charge is 2.36. The van der Waals surface area contributed by atoms with E-state index in [0.29, 0.717) is 18.3 Å². The zero-order valence-corrected chi connectivity index (χ0v) is 21.5. The molecule has 0 bridgehead atoms. The lowest BCUT2D eigenvalue weighted by Crippen LogP contribution is -2.46. The van der Waals surface area contributed by atoms with E-state index in [1.54, 1.807) is 4.90 Å². The number of carbonyl (C=O) groups is 1. The van der Waals surface area contributed by atoms with E-state index in [2.05, 4.69) is 23.5 Å². The number of allylic oxidation sites excluding steroid dienone is 1. The number of nitrogens with zero attached hydrogens (tertiary/aromatic N) is 3. The van der Waals surface area contributed by atoms with Gasteiger partial charge in [-0.3, -0.25) is 4.90 Å². The molecule has 5 rings (SSSR count). The molecule has 7 heteroatoms. The van der Waals surface area contributed by atoms with Crippen LogP contribution in [0, 0.1) is 6.92 Å². The van der Waals surface area contributed by atoms with Crippen molar-refractivity contribution in [3.05, 3.63) is 101 Å². The number of urea groups is 1. The minimum Gasteiger partial charge on any atom is -0.494 e. The van der Waals surface area contributed by atoms with Crippen LogP contribution in [0.1, 0.15) is 49.4 Å². The molecule has 0 fully saturated rings. The summed E-state index contributed by atoms with van der Waals surface area (Å²) in [6.07, 6.45) is 0.872. The summed E-state index contributed by atoms with van der Waals surface area (Å²) in [5, 5.41) is 7.43. The van der Waals surface area contributed by atoms with Gasteiger partial charge in [-0.05, 0) is 62.6 Å². The Morgan fingerprint density at radius 1 is 1.00 bits per heavy atom. The van der Waals surface area contributed by atoms with Crippen molar-refractivity contribution in [2.75, 3.05) is 11.5 Å². The molecule has 1 atom stereocenters. The Morgan fingerprint density at radius 2 is 1.76 bits per heavy atom. The zero-order valence-electron chi connectivity index (χ0n) is 21.5. The van der Waals surface area contributed by atoms with Crippen LogP contribution in [0.3, 0.4) is 0 Å². The van der Waals surface area contributed by atoms with E-state index < -0.39 is 6.04 Å². The van der Waals surface area contributed by atoms with E-state index in [0.717, 1.165) is 51.4 Å². The molecule has 1 aliphatic heterocycles. The number of amides is 2. The van der Waals surface area contributed by atoms with Gasteiger partial charge in [0.15, 0.2) is 0 Å². The lowest BCUT2D eigenvalue weighted by Gasteiger charge is -2.35. The molecule has 0 saturated heterocycles. The predicted octanol–water partition coefficient (Wildman–Crippen LogP) is 6.71. The molecule has 3 aromatic carbocycles. The lowest BCUT2D eigenvalue weighted by molar-refractivity contribution is 0.244. The molecular weight excluding hydrogens is 464 g/mol. The number of anilines is 1. The molecule has 1 N–H and O–H groups in total. The van der Waals surface area contributed by atoms with E-state index in [1.165, 1.54) is 0 Å². The Labute approximate surface area is 216 Å². The van der Waals surface area contributed by atoms with Gasteiger partial charge < -0.3 is 14.6 Å². The Morgan fingerprint density at radius 3 is 2.46 bits per heavy atom. The number of nitrogens with one attached hydrogen (secondary N) is 1. The third-order valence-corrected chi connectivity index (χ3v) is 6.55. The van der Waals surface area contributed by atoms with Crippen LogP contribution in [0.5, 0.6) is 5.75 Å². The van der Waals surface area contributed by atoms with E-state index in [1.807, 2.05) is 87.5 Å². The van der Waals surface area contributed by atoms with Gasteiger partial charge in [0.1, 0.15) is 5.75 Å². The van der Waals surface area contributed by atoms with Crippen molar-refractivity contribution in [2.24, 2.45) is 0 Å². The first kappa shape index (κ1) is 24.3. The summed E-state index contributed by atoms with van der Waals surface area (Å²) >= 11 is 0. The van der Waals surface area contributed by atoms with Crippen LogP contribution in [0.4, 0.5) is 10.5 Å². The average Bonchev–Trinajstić information content (AvgIpc) is 3.39. The van der Waals surface area contributed by atoms with Crippen LogP contribution < -0.4 is 15.0 Å². The molecule has 7 nitrogen and oxygen atoms in total. The van der Waals surface area contributed by atoms with Gasteiger partial charge in [-0.2, -0.15) is 4.98 Å². The van der Waals surface area contributed by atoms with Crippen LogP contribution in [0.25, 0.3) is 17.0 Å². The van der Waals surface area contributed by atoms with Crippen molar-refractivity contribution in [3.8, 4) is 17.1 Å². The average molecular weight is 495 g/mol. The summed E-state index contributed by atoms with van der Waals surface area (Å²) in [4.78, 5) is 19.9. The molecule has 2 amide bonds. The molecule has 2 heterocycles. The molecular formula is C30H30N4O3. The molecule has 0 aliphatic carbocycles. The van der Waals surface area contributed by atoms with Crippen molar-refractivity contribution in [2.45, 2.75) is 40.2 Å². The maximum Gasteiger partial charge on any atom is 0.326 e. The summed E-state index contributed by atoms with van der Waals surface area (Å²) in [5.41, 5.74) is 6.32. The van der Waals surface area contributed by atoms with E-state index >= 15 is 0 Å². The zero-order chi connectivity index (χ0) is 25.9. The topological polar surface area (TPSA) is 80.5 Å². The highest BCUT2D eigenvalue weighted by atomic mass is 16.5. The highest BCUT2D eigenvalue weighted by Crippen LogP contribution is 2.39. The Kier molecular flexibility index (Phi) is 6.77. The Bertz CT molecular complexity index is 1440. The monoisotopic (exact) mass is 494 g/mol. The fourth-order valence-corrected chi connectivity index (χ4v) is 4.57. The predicted molar refractivity (Wildman–Crippen MR) is 144 cm³/mol. The largest absolute Gasteiger partial charge is 0.494 e. The molecule has 0 spiro atoms. The Balaban J connectivity index is 1.62. The van der Waals surface area contributed by atoms with Crippen LogP contribution >= 0.6 is 0 Å². The van der Waals surface area contributed by atoms with Crippen molar-refractivity contribution in [1.29, 1.82) is 0 Å². The molecule has 1 aromatic heterocycles. The number of rotatable bonds is 7. The maximum absolute atomic E-state index is 13.5. The highest BCUT2D eigenvalue weighted by molar-refractivity contribution is 6.01.